The van der Waals surface area contributed by atoms with Crippen LogP contribution in [0.3, 0.4) is 0 Å². The van der Waals surface area contributed by atoms with Gasteiger partial charge in [0.2, 0.25) is 0 Å². The summed E-state index contributed by atoms with van der Waals surface area (Å²) in [6.45, 7) is 0. The number of fused-ring (bicyclic) bond motifs is 1. The predicted molar refractivity (Wildman–Crippen MR) is 42.6 cm³/mol. The summed E-state index contributed by atoms with van der Waals surface area (Å²) in [6, 6.07) is 0.537. The minimum absolute atomic E-state index is 0.0541. The zero-order chi connectivity index (χ0) is 7.68. The Balaban J connectivity index is 2.17. The molecule has 0 spiro atoms. The fraction of sp³-hybridized carbons (Fsp3) is 0.500. The van der Waals surface area contributed by atoms with Gasteiger partial charge < -0.3 is 5.32 Å². The molecule has 0 fully saturated rings. The van der Waals surface area contributed by atoms with Crippen LogP contribution in [0.25, 0.3) is 0 Å². The molecule has 1 heterocycles. The van der Waals surface area contributed by atoms with Crippen LogP contribution in [0.4, 0.5) is 0 Å². The molecule has 1 N–H and O–H groups in total. The second kappa shape index (κ2) is 2.49. The van der Waals surface area contributed by atoms with Gasteiger partial charge in [0, 0.05) is 0 Å². The molecule has 2 atom stereocenters. The molecule has 2 rings (SSSR count). The van der Waals surface area contributed by atoms with Gasteiger partial charge in [0.05, 0.1) is 18.3 Å². The van der Waals surface area contributed by atoms with Crippen LogP contribution >= 0.6 is 0 Å². The zero-order valence-corrected chi connectivity index (χ0v) is 6.16. The minimum atomic E-state index is -0.0541. The SMILES string of the molecule is O=C1C=N[C@@H]2CC=CC[C@H]2N1. The summed E-state index contributed by atoms with van der Waals surface area (Å²) in [6.07, 6.45) is 7.49. The van der Waals surface area contributed by atoms with Crippen molar-refractivity contribution in [2.75, 3.05) is 0 Å². The predicted octanol–water partition coefficient (Wildman–Crippen LogP) is 0.274. The van der Waals surface area contributed by atoms with Crippen molar-refractivity contribution in [1.82, 2.24) is 5.32 Å². The molecule has 3 nitrogen and oxygen atoms in total. The monoisotopic (exact) mass is 150 g/mol. The van der Waals surface area contributed by atoms with Crippen LogP contribution in [-0.2, 0) is 4.79 Å². The van der Waals surface area contributed by atoms with Crippen molar-refractivity contribution in [3.63, 3.8) is 0 Å². The van der Waals surface area contributed by atoms with E-state index in [-0.39, 0.29) is 18.0 Å². The molecule has 1 aliphatic heterocycles. The number of carbonyl (C=O) groups excluding carboxylic acids is 1. The van der Waals surface area contributed by atoms with E-state index in [2.05, 4.69) is 22.5 Å². The van der Waals surface area contributed by atoms with Crippen molar-refractivity contribution >= 4 is 12.1 Å². The zero-order valence-electron chi connectivity index (χ0n) is 6.16. The van der Waals surface area contributed by atoms with Gasteiger partial charge in [-0.2, -0.15) is 0 Å². The first kappa shape index (κ1) is 6.58. The van der Waals surface area contributed by atoms with Crippen LogP contribution in [0.2, 0.25) is 0 Å². The third kappa shape index (κ3) is 1.18. The fourth-order valence-electron chi connectivity index (χ4n) is 1.50. The van der Waals surface area contributed by atoms with Gasteiger partial charge in [0.1, 0.15) is 0 Å². The Bertz CT molecular complexity index is 232. The number of hydrogen-bond donors (Lipinski definition) is 1. The van der Waals surface area contributed by atoms with Crippen molar-refractivity contribution in [3.8, 4) is 0 Å². The molecular formula is C8H10N2O. The van der Waals surface area contributed by atoms with E-state index >= 15 is 0 Å². The van der Waals surface area contributed by atoms with Crippen LogP contribution in [0.1, 0.15) is 12.8 Å². The smallest absolute Gasteiger partial charge is 0.262 e. The number of amides is 1. The molecule has 0 radical (unpaired) electrons. The lowest BCUT2D eigenvalue weighted by molar-refractivity contribution is -0.115. The maximum absolute atomic E-state index is 10.8. The average molecular weight is 150 g/mol. The molecule has 2 aliphatic rings. The Morgan fingerprint density at radius 2 is 2.27 bits per heavy atom. The van der Waals surface area contributed by atoms with Crippen LogP contribution in [0, 0.1) is 0 Å². The molecule has 0 aromatic heterocycles. The first-order valence-electron chi connectivity index (χ1n) is 3.85. The van der Waals surface area contributed by atoms with E-state index < -0.39 is 0 Å². The topological polar surface area (TPSA) is 41.5 Å². The molecule has 0 saturated carbocycles. The molecule has 3 heteroatoms. The van der Waals surface area contributed by atoms with E-state index in [0.717, 1.165) is 12.8 Å². The largest absolute Gasteiger partial charge is 0.346 e. The van der Waals surface area contributed by atoms with Crippen LogP contribution in [0.15, 0.2) is 17.1 Å². The van der Waals surface area contributed by atoms with Gasteiger partial charge in [-0.25, -0.2) is 0 Å². The maximum Gasteiger partial charge on any atom is 0.262 e. The lowest BCUT2D eigenvalue weighted by Crippen LogP contribution is -2.47. The van der Waals surface area contributed by atoms with Crippen LogP contribution in [0.5, 0.6) is 0 Å². The maximum atomic E-state index is 10.8. The highest BCUT2D eigenvalue weighted by Gasteiger charge is 2.25. The molecule has 0 bridgehead atoms. The van der Waals surface area contributed by atoms with Gasteiger partial charge in [-0.1, -0.05) is 12.2 Å². The van der Waals surface area contributed by atoms with E-state index in [9.17, 15) is 4.79 Å². The Hall–Kier alpha value is -1.12. The Morgan fingerprint density at radius 3 is 3.18 bits per heavy atom. The van der Waals surface area contributed by atoms with Gasteiger partial charge in [-0.15, -0.1) is 0 Å². The van der Waals surface area contributed by atoms with E-state index in [1.807, 2.05) is 0 Å². The molecule has 58 valence electrons. The van der Waals surface area contributed by atoms with Gasteiger partial charge in [-0.3, -0.25) is 9.79 Å². The number of hydrogen-bond acceptors (Lipinski definition) is 2. The second-order valence-corrected chi connectivity index (χ2v) is 2.90. The van der Waals surface area contributed by atoms with Gasteiger partial charge in [-0.05, 0) is 12.8 Å². The highest BCUT2D eigenvalue weighted by molar-refractivity contribution is 6.26. The molecule has 0 saturated heterocycles. The highest BCUT2D eigenvalue weighted by atomic mass is 16.1. The summed E-state index contributed by atoms with van der Waals surface area (Å²) in [7, 11) is 0. The number of nitrogens with one attached hydrogen (secondary N) is 1. The first-order chi connectivity index (χ1) is 5.36. The summed E-state index contributed by atoms with van der Waals surface area (Å²) in [5.74, 6) is -0.0541. The van der Waals surface area contributed by atoms with Crippen molar-refractivity contribution in [1.29, 1.82) is 0 Å². The van der Waals surface area contributed by atoms with Gasteiger partial charge >= 0.3 is 0 Å². The normalized spacial score (nSPS) is 34.7. The lowest BCUT2D eigenvalue weighted by atomic mass is 9.95. The summed E-state index contributed by atoms with van der Waals surface area (Å²) in [5.41, 5.74) is 0. The van der Waals surface area contributed by atoms with Crippen LogP contribution in [-0.4, -0.2) is 24.2 Å². The van der Waals surface area contributed by atoms with E-state index in [1.165, 1.54) is 6.21 Å². The third-order valence-electron chi connectivity index (χ3n) is 2.11. The summed E-state index contributed by atoms with van der Waals surface area (Å²) >= 11 is 0. The fourth-order valence-corrected chi connectivity index (χ4v) is 1.50. The average Bonchev–Trinajstić information content (AvgIpc) is 2.04. The summed E-state index contributed by atoms with van der Waals surface area (Å²) in [5, 5.41) is 2.88. The van der Waals surface area contributed by atoms with E-state index in [4.69, 9.17) is 0 Å². The lowest BCUT2D eigenvalue weighted by Gasteiger charge is -2.28. The standard InChI is InChI=1S/C8H10N2O/c11-8-5-9-6-3-1-2-4-7(6)10-8/h1-2,5-7H,3-4H2,(H,10,11)/t6-,7-/m1/s1. The van der Waals surface area contributed by atoms with Crippen LogP contribution < -0.4 is 5.32 Å². The van der Waals surface area contributed by atoms with E-state index in [1.54, 1.807) is 0 Å². The Labute approximate surface area is 65.2 Å². The quantitative estimate of drug-likeness (QED) is 0.495. The van der Waals surface area contributed by atoms with Crippen molar-refractivity contribution in [3.05, 3.63) is 12.2 Å². The molecule has 11 heavy (non-hydrogen) atoms. The van der Waals surface area contributed by atoms with Crippen molar-refractivity contribution < 1.29 is 4.79 Å². The molecule has 1 amide bonds. The number of nitrogens with zero attached hydrogens (tertiary/aromatic N) is 1. The summed E-state index contributed by atoms with van der Waals surface area (Å²) in [4.78, 5) is 15.0. The number of carbonyl (C=O) groups is 1. The molecule has 0 unspecified atom stereocenters. The molecular weight excluding hydrogens is 140 g/mol. The molecule has 0 aromatic rings. The Morgan fingerprint density at radius 1 is 1.45 bits per heavy atom. The minimum Gasteiger partial charge on any atom is -0.346 e. The molecule has 1 aliphatic carbocycles. The highest BCUT2D eigenvalue weighted by Crippen LogP contribution is 2.16. The van der Waals surface area contributed by atoms with Crippen molar-refractivity contribution in [2.24, 2.45) is 4.99 Å². The number of aliphatic imine (C=N–C) groups is 1. The van der Waals surface area contributed by atoms with E-state index in [0.29, 0.717) is 0 Å². The van der Waals surface area contributed by atoms with Gasteiger partial charge in [0.25, 0.3) is 5.91 Å². The number of rotatable bonds is 0. The summed E-state index contributed by atoms with van der Waals surface area (Å²) < 4.78 is 0. The first-order valence-corrected chi connectivity index (χ1v) is 3.85. The molecule has 0 aromatic carbocycles. The van der Waals surface area contributed by atoms with Gasteiger partial charge in [0.15, 0.2) is 0 Å². The second-order valence-electron chi connectivity index (χ2n) is 2.90. The van der Waals surface area contributed by atoms with Crippen molar-refractivity contribution in [2.45, 2.75) is 24.9 Å². The third-order valence-corrected chi connectivity index (χ3v) is 2.11. The Kier molecular flexibility index (Phi) is 1.49.